The maximum Gasteiger partial charge on any atom is 0.427 e. The van der Waals surface area contributed by atoms with E-state index in [1.807, 2.05) is 19.1 Å². The first kappa shape index (κ1) is 16.3. The van der Waals surface area contributed by atoms with Crippen molar-refractivity contribution in [3.8, 4) is 0 Å². The number of carbonyl (C=O) groups is 1. The van der Waals surface area contributed by atoms with Crippen LogP contribution in [0.25, 0.3) is 0 Å². The normalized spacial score (nSPS) is 11.3. The average molecular weight is 329 g/mol. The van der Waals surface area contributed by atoms with Crippen molar-refractivity contribution in [3.05, 3.63) is 46.5 Å². The minimum absolute atomic E-state index is 0.178. The van der Waals surface area contributed by atoms with Crippen LogP contribution in [0, 0.1) is 6.92 Å². The second-order valence-corrected chi connectivity index (χ2v) is 5.61. The van der Waals surface area contributed by atoms with E-state index in [9.17, 15) is 18.0 Å². The van der Waals surface area contributed by atoms with Crippen molar-refractivity contribution in [2.45, 2.75) is 13.1 Å². The number of aryl methyl sites for hydroxylation is 1. The first-order valence-electron chi connectivity index (χ1n) is 6.48. The second-order valence-electron chi connectivity index (χ2n) is 4.58. The third-order valence-corrected chi connectivity index (χ3v) is 3.79. The minimum atomic E-state index is -4.38. The van der Waals surface area contributed by atoms with Gasteiger partial charge >= 0.3 is 6.18 Å². The van der Waals surface area contributed by atoms with Crippen LogP contribution in [0.4, 0.5) is 18.3 Å². The SMILES string of the molecule is Cc1ccc(C(=O)NCCNc2ncc(C(F)(F)F)s2)cc1. The summed E-state index contributed by atoms with van der Waals surface area (Å²) in [5, 5.41) is 5.60. The fraction of sp³-hybridized carbons (Fsp3) is 0.286. The van der Waals surface area contributed by atoms with Crippen molar-refractivity contribution >= 4 is 22.4 Å². The summed E-state index contributed by atoms with van der Waals surface area (Å²) in [7, 11) is 0. The highest BCUT2D eigenvalue weighted by atomic mass is 32.1. The molecule has 0 bridgehead atoms. The molecule has 0 aliphatic rings. The number of thiazole rings is 1. The maximum absolute atomic E-state index is 12.4. The number of hydrogen-bond acceptors (Lipinski definition) is 4. The number of carbonyl (C=O) groups excluding carboxylic acids is 1. The fourth-order valence-corrected chi connectivity index (χ4v) is 2.35. The summed E-state index contributed by atoms with van der Waals surface area (Å²) in [5.41, 5.74) is 1.60. The van der Waals surface area contributed by atoms with E-state index in [4.69, 9.17) is 0 Å². The highest BCUT2D eigenvalue weighted by molar-refractivity contribution is 7.15. The van der Waals surface area contributed by atoms with Gasteiger partial charge in [0.15, 0.2) is 5.13 Å². The summed E-state index contributed by atoms with van der Waals surface area (Å²) in [5.74, 6) is -0.225. The number of rotatable bonds is 5. The van der Waals surface area contributed by atoms with Crippen molar-refractivity contribution in [3.63, 3.8) is 0 Å². The molecule has 118 valence electrons. The molecular weight excluding hydrogens is 315 g/mol. The summed E-state index contributed by atoms with van der Waals surface area (Å²) in [6.45, 7) is 2.50. The van der Waals surface area contributed by atoms with Crippen molar-refractivity contribution in [1.82, 2.24) is 10.3 Å². The van der Waals surface area contributed by atoms with Crippen LogP contribution in [-0.4, -0.2) is 24.0 Å². The number of halogens is 3. The zero-order valence-corrected chi connectivity index (χ0v) is 12.5. The van der Waals surface area contributed by atoms with Crippen molar-refractivity contribution < 1.29 is 18.0 Å². The van der Waals surface area contributed by atoms with Crippen molar-refractivity contribution in [1.29, 1.82) is 0 Å². The molecule has 2 N–H and O–H groups in total. The Morgan fingerprint density at radius 2 is 1.91 bits per heavy atom. The first-order valence-corrected chi connectivity index (χ1v) is 7.29. The Hall–Kier alpha value is -2.09. The topological polar surface area (TPSA) is 54.0 Å². The number of alkyl halides is 3. The van der Waals surface area contributed by atoms with Gasteiger partial charge in [0.1, 0.15) is 4.88 Å². The lowest BCUT2D eigenvalue weighted by Crippen LogP contribution is -2.28. The van der Waals surface area contributed by atoms with E-state index in [-0.39, 0.29) is 17.6 Å². The molecule has 4 nitrogen and oxygen atoms in total. The van der Waals surface area contributed by atoms with Gasteiger partial charge in [-0.25, -0.2) is 4.98 Å². The molecule has 0 unspecified atom stereocenters. The number of benzene rings is 1. The maximum atomic E-state index is 12.4. The number of hydrogen-bond donors (Lipinski definition) is 2. The van der Waals surface area contributed by atoms with Gasteiger partial charge in [0, 0.05) is 18.7 Å². The molecule has 22 heavy (non-hydrogen) atoms. The monoisotopic (exact) mass is 329 g/mol. The third kappa shape index (κ3) is 4.45. The van der Waals surface area contributed by atoms with Crippen LogP contribution in [0.3, 0.4) is 0 Å². The molecule has 1 amide bonds. The molecule has 0 radical (unpaired) electrons. The molecule has 2 rings (SSSR count). The molecular formula is C14H14F3N3OS. The Kier molecular flexibility index (Phi) is 5.02. The van der Waals surface area contributed by atoms with Gasteiger partial charge in [-0.3, -0.25) is 4.79 Å². The lowest BCUT2D eigenvalue weighted by molar-refractivity contribution is -0.134. The molecule has 8 heteroatoms. The van der Waals surface area contributed by atoms with Crippen LogP contribution in [0.15, 0.2) is 30.5 Å². The van der Waals surface area contributed by atoms with Crippen molar-refractivity contribution in [2.75, 3.05) is 18.4 Å². The Morgan fingerprint density at radius 3 is 2.50 bits per heavy atom. The van der Waals surface area contributed by atoms with Crippen LogP contribution in [-0.2, 0) is 6.18 Å². The summed E-state index contributed by atoms with van der Waals surface area (Å²) >= 11 is 0.537. The van der Waals surface area contributed by atoms with E-state index in [0.29, 0.717) is 23.4 Å². The molecule has 0 aliphatic heterocycles. The first-order chi connectivity index (χ1) is 10.4. The zero-order valence-electron chi connectivity index (χ0n) is 11.7. The highest BCUT2D eigenvalue weighted by Crippen LogP contribution is 2.34. The van der Waals surface area contributed by atoms with Gasteiger partial charge in [-0.1, -0.05) is 29.0 Å². The number of amides is 1. The lowest BCUT2D eigenvalue weighted by Gasteiger charge is -2.06. The molecule has 1 aromatic carbocycles. The van der Waals surface area contributed by atoms with Crippen LogP contribution in [0.5, 0.6) is 0 Å². The van der Waals surface area contributed by atoms with Gasteiger partial charge in [-0.2, -0.15) is 13.2 Å². The Morgan fingerprint density at radius 1 is 1.23 bits per heavy atom. The molecule has 0 fully saturated rings. The predicted molar refractivity (Wildman–Crippen MR) is 79.1 cm³/mol. The van der Waals surface area contributed by atoms with E-state index >= 15 is 0 Å². The molecule has 1 heterocycles. The Balaban J connectivity index is 1.76. The predicted octanol–water partition coefficient (Wildman–Crippen LogP) is 3.31. The van der Waals surface area contributed by atoms with Gasteiger partial charge in [-0.05, 0) is 19.1 Å². The summed E-state index contributed by atoms with van der Waals surface area (Å²) < 4.78 is 37.2. The highest BCUT2D eigenvalue weighted by Gasteiger charge is 2.33. The Labute approximate surface area is 129 Å². The van der Waals surface area contributed by atoms with E-state index in [0.717, 1.165) is 11.8 Å². The molecule has 0 atom stereocenters. The Bertz CT molecular complexity index is 638. The van der Waals surface area contributed by atoms with E-state index in [1.54, 1.807) is 12.1 Å². The fourth-order valence-electron chi connectivity index (χ4n) is 1.64. The quantitative estimate of drug-likeness (QED) is 0.828. The number of aromatic nitrogens is 1. The van der Waals surface area contributed by atoms with Gasteiger partial charge in [0.25, 0.3) is 5.91 Å². The van der Waals surface area contributed by atoms with Crippen molar-refractivity contribution in [2.24, 2.45) is 0 Å². The van der Waals surface area contributed by atoms with E-state index in [2.05, 4.69) is 15.6 Å². The van der Waals surface area contributed by atoms with E-state index < -0.39 is 11.1 Å². The average Bonchev–Trinajstić information content (AvgIpc) is 2.93. The smallest absolute Gasteiger partial charge is 0.360 e. The summed E-state index contributed by atoms with van der Waals surface area (Å²) in [6, 6.07) is 7.10. The van der Waals surface area contributed by atoms with Crippen LogP contribution in [0.1, 0.15) is 20.8 Å². The van der Waals surface area contributed by atoms with Gasteiger partial charge in [-0.15, -0.1) is 0 Å². The number of nitrogens with one attached hydrogen (secondary N) is 2. The van der Waals surface area contributed by atoms with Crippen LogP contribution < -0.4 is 10.6 Å². The molecule has 0 saturated carbocycles. The largest absolute Gasteiger partial charge is 0.427 e. The number of anilines is 1. The van der Waals surface area contributed by atoms with Gasteiger partial charge in [0.05, 0.1) is 6.20 Å². The third-order valence-electron chi connectivity index (χ3n) is 2.79. The standard InChI is InChI=1S/C14H14F3N3OS/c1-9-2-4-10(5-3-9)12(21)18-6-7-19-13-20-8-11(22-13)14(15,16)17/h2-5,8H,6-7H2,1H3,(H,18,21)(H,19,20). The van der Waals surface area contributed by atoms with Crippen LogP contribution in [0.2, 0.25) is 0 Å². The molecule has 0 spiro atoms. The summed E-state index contributed by atoms with van der Waals surface area (Å²) in [6.07, 6.45) is -3.59. The lowest BCUT2D eigenvalue weighted by atomic mass is 10.1. The zero-order chi connectivity index (χ0) is 16.2. The summed E-state index contributed by atoms with van der Waals surface area (Å²) in [4.78, 5) is 14.7. The molecule has 0 saturated heterocycles. The molecule has 1 aromatic heterocycles. The number of nitrogens with zero attached hydrogens (tertiary/aromatic N) is 1. The minimum Gasteiger partial charge on any atom is -0.360 e. The van der Waals surface area contributed by atoms with Crippen LogP contribution >= 0.6 is 11.3 Å². The second kappa shape index (κ2) is 6.78. The van der Waals surface area contributed by atoms with Gasteiger partial charge < -0.3 is 10.6 Å². The van der Waals surface area contributed by atoms with Gasteiger partial charge in [0.2, 0.25) is 0 Å². The molecule has 0 aliphatic carbocycles. The molecule has 2 aromatic rings. The van der Waals surface area contributed by atoms with E-state index in [1.165, 1.54) is 0 Å².